The van der Waals surface area contributed by atoms with Crippen LogP contribution in [0.2, 0.25) is 0 Å². The Labute approximate surface area is 391 Å². The minimum Gasteiger partial charge on any atom is -0.462 e. The molecule has 368 valence electrons. The topological polar surface area (TPSA) is 78.9 Å². The van der Waals surface area contributed by atoms with Crippen molar-refractivity contribution < 1.29 is 28.6 Å². The Hall–Kier alpha value is -2.37. The molecule has 0 bridgehead atoms. The van der Waals surface area contributed by atoms with Crippen LogP contribution in [0, 0.1) is 0 Å². The molecule has 0 aromatic rings. The first-order valence-corrected chi connectivity index (χ1v) is 27.5. The van der Waals surface area contributed by atoms with Gasteiger partial charge in [0, 0.05) is 19.3 Å². The molecule has 0 aliphatic carbocycles. The highest BCUT2D eigenvalue weighted by Gasteiger charge is 2.19. The Kier molecular flexibility index (Phi) is 50.3. The number of unbranched alkanes of at least 4 members (excludes halogenated alkanes) is 33. The zero-order valence-electron chi connectivity index (χ0n) is 42.1. The van der Waals surface area contributed by atoms with Gasteiger partial charge in [0.2, 0.25) is 0 Å². The van der Waals surface area contributed by atoms with Crippen molar-refractivity contribution in [2.75, 3.05) is 13.2 Å². The number of esters is 3. The van der Waals surface area contributed by atoms with E-state index >= 15 is 0 Å². The van der Waals surface area contributed by atoms with Crippen LogP contribution < -0.4 is 0 Å². The van der Waals surface area contributed by atoms with Gasteiger partial charge in [0.25, 0.3) is 0 Å². The molecule has 0 spiro atoms. The maximum absolute atomic E-state index is 12.8. The first-order chi connectivity index (χ1) is 31.0. The number of carbonyl (C=O) groups excluding carboxylic acids is 3. The van der Waals surface area contributed by atoms with Gasteiger partial charge in [0.05, 0.1) is 0 Å². The van der Waals surface area contributed by atoms with E-state index in [1.165, 1.54) is 173 Å². The lowest BCUT2D eigenvalue weighted by molar-refractivity contribution is -0.167. The standard InChI is InChI=1S/C57H104O6/c1-4-7-10-13-16-19-22-24-26-28-29-31-32-35-38-41-44-47-50-56(59)62-53-54(52-61-55(58)49-46-43-40-37-34-21-18-15-12-9-6-3)63-57(60)51-48-45-42-39-36-33-30-27-25-23-20-17-14-11-8-5-2/h15,18,27,29-31,54H,4-14,16-17,19-26,28,32-53H2,1-3H3/b18-15-,30-27-,31-29-. The molecule has 0 aliphatic rings. The molecule has 1 atom stereocenters. The summed E-state index contributed by atoms with van der Waals surface area (Å²) < 4.78 is 16.8. The summed E-state index contributed by atoms with van der Waals surface area (Å²) in [7, 11) is 0. The summed E-state index contributed by atoms with van der Waals surface area (Å²) in [5.41, 5.74) is 0. The Bertz CT molecular complexity index is 1060. The average Bonchev–Trinajstić information content (AvgIpc) is 3.28. The number of hydrogen-bond acceptors (Lipinski definition) is 6. The monoisotopic (exact) mass is 885 g/mol. The van der Waals surface area contributed by atoms with E-state index < -0.39 is 6.10 Å². The molecular weight excluding hydrogens is 781 g/mol. The molecule has 0 heterocycles. The van der Waals surface area contributed by atoms with Crippen LogP contribution >= 0.6 is 0 Å². The van der Waals surface area contributed by atoms with E-state index in [9.17, 15) is 14.4 Å². The van der Waals surface area contributed by atoms with E-state index in [4.69, 9.17) is 14.2 Å². The first kappa shape index (κ1) is 60.6. The summed E-state index contributed by atoms with van der Waals surface area (Å²) in [6.07, 6.45) is 61.3. The predicted octanol–water partition coefficient (Wildman–Crippen LogP) is 18.1. The SMILES string of the molecule is CCCC/C=C\CCCCCCCC(=O)OCC(COC(=O)CCCCCCC/C=C\CCCCCCCCCCC)OC(=O)CCCCCCC/C=C\CCCCCCCCC. The normalized spacial score (nSPS) is 12.2. The Morgan fingerprint density at radius 2 is 0.540 bits per heavy atom. The lowest BCUT2D eigenvalue weighted by Crippen LogP contribution is -2.30. The van der Waals surface area contributed by atoms with Gasteiger partial charge in [-0.15, -0.1) is 0 Å². The number of allylic oxidation sites excluding steroid dienone is 6. The van der Waals surface area contributed by atoms with Crippen molar-refractivity contribution in [2.24, 2.45) is 0 Å². The molecule has 0 aliphatic heterocycles. The second-order valence-corrected chi connectivity index (χ2v) is 18.5. The summed E-state index contributed by atoms with van der Waals surface area (Å²) in [5.74, 6) is -0.895. The second-order valence-electron chi connectivity index (χ2n) is 18.5. The molecule has 0 N–H and O–H groups in total. The molecule has 6 heteroatoms. The van der Waals surface area contributed by atoms with Crippen LogP contribution in [0.3, 0.4) is 0 Å². The molecule has 0 radical (unpaired) electrons. The fourth-order valence-electron chi connectivity index (χ4n) is 7.88. The largest absolute Gasteiger partial charge is 0.462 e. The van der Waals surface area contributed by atoms with Crippen LogP contribution in [0.1, 0.15) is 290 Å². The Balaban J connectivity index is 4.35. The summed E-state index contributed by atoms with van der Waals surface area (Å²) in [6, 6.07) is 0. The average molecular weight is 885 g/mol. The summed E-state index contributed by atoms with van der Waals surface area (Å²) in [4.78, 5) is 38.0. The molecule has 0 aromatic carbocycles. The van der Waals surface area contributed by atoms with Crippen LogP contribution in [-0.4, -0.2) is 37.2 Å². The highest BCUT2D eigenvalue weighted by molar-refractivity contribution is 5.71. The van der Waals surface area contributed by atoms with Gasteiger partial charge in [-0.25, -0.2) is 0 Å². The van der Waals surface area contributed by atoms with Gasteiger partial charge in [0.1, 0.15) is 13.2 Å². The van der Waals surface area contributed by atoms with Crippen LogP contribution in [0.5, 0.6) is 0 Å². The molecule has 6 nitrogen and oxygen atoms in total. The van der Waals surface area contributed by atoms with Gasteiger partial charge < -0.3 is 14.2 Å². The molecule has 63 heavy (non-hydrogen) atoms. The van der Waals surface area contributed by atoms with Crippen molar-refractivity contribution in [3.63, 3.8) is 0 Å². The zero-order valence-corrected chi connectivity index (χ0v) is 42.1. The fourth-order valence-corrected chi connectivity index (χ4v) is 7.88. The first-order valence-electron chi connectivity index (χ1n) is 27.5. The maximum Gasteiger partial charge on any atom is 0.306 e. The van der Waals surface area contributed by atoms with E-state index in [0.717, 1.165) is 77.0 Å². The highest BCUT2D eigenvalue weighted by atomic mass is 16.6. The molecule has 0 fully saturated rings. The van der Waals surface area contributed by atoms with Gasteiger partial charge in [-0.05, 0) is 89.9 Å². The van der Waals surface area contributed by atoms with Crippen LogP contribution in [0.15, 0.2) is 36.5 Å². The van der Waals surface area contributed by atoms with E-state index in [2.05, 4.69) is 57.2 Å². The van der Waals surface area contributed by atoms with Crippen molar-refractivity contribution in [1.29, 1.82) is 0 Å². The molecule has 0 saturated heterocycles. The quantitative estimate of drug-likeness (QED) is 0.0262. The van der Waals surface area contributed by atoms with Crippen molar-refractivity contribution in [2.45, 2.75) is 297 Å². The zero-order chi connectivity index (χ0) is 45.8. The summed E-state index contributed by atoms with van der Waals surface area (Å²) in [6.45, 7) is 6.60. The summed E-state index contributed by atoms with van der Waals surface area (Å²) in [5, 5.41) is 0. The van der Waals surface area contributed by atoms with E-state index in [0.29, 0.717) is 19.3 Å². The number of rotatable bonds is 50. The second kappa shape index (κ2) is 52.3. The van der Waals surface area contributed by atoms with Gasteiger partial charge in [-0.3, -0.25) is 14.4 Å². The highest BCUT2D eigenvalue weighted by Crippen LogP contribution is 2.15. The molecule has 1 unspecified atom stereocenters. The van der Waals surface area contributed by atoms with Crippen molar-refractivity contribution in [3.8, 4) is 0 Å². The molecular formula is C57H104O6. The third-order valence-corrected chi connectivity index (χ3v) is 12.1. The van der Waals surface area contributed by atoms with Gasteiger partial charge >= 0.3 is 17.9 Å². The van der Waals surface area contributed by atoms with Crippen molar-refractivity contribution >= 4 is 17.9 Å². The minimum atomic E-state index is -0.781. The lowest BCUT2D eigenvalue weighted by Gasteiger charge is -2.18. The van der Waals surface area contributed by atoms with E-state index in [1.807, 2.05) is 0 Å². The number of carbonyl (C=O) groups is 3. The van der Waals surface area contributed by atoms with Crippen LogP contribution in [-0.2, 0) is 28.6 Å². The molecule has 0 amide bonds. The molecule has 0 aromatic heterocycles. The summed E-state index contributed by atoms with van der Waals surface area (Å²) >= 11 is 0. The number of hydrogen-bond donors (Lipinski definition) is 0. The minimum absolute atomic E-state index is 0.0808. The van der Waals surface area contributed by atoms with Crippen molar-refractivity contribution in [1.82, 2.24) is 0 Å². The van der Waals surface area contributed by atoms with Crippen LogP contribution in [0.4, 0.5) is 0 Å². The molecule has 0 saturated carbocycles. The van der Waals surface area contributed by atoms with E-state index in [1.54, 1.807) is 0 Å². The van der Waals surface area contributed by atoms with E-state index in [-0.39, 0.29) is 31.1 Å². The Morgan fingerprint density at radius 3 is 0.841 bits per heavy atom. The van der Waals surface area contributed by atoms with Gasteiger partial charge in [-0.1, -0.05) is 218 Å². The third-order valence-electron chi connectivity index (χ3n) is 12.1. The fraction of sp³-hybridized carbons (Fsp3) is 0.842. The maximum atomic E-state index is 12.8. The third kappa shape index (κ3) is 50.5. The van der Waals surface area contributed by atoms with Crippen molar-refractivity contribution in [3.05, 3.63) is 36.5 Å². The van der Waals surface area contributed by atoms with Crippen LogP contribution in [0.25, 0.3) is 0 Å². The van der Waals surface area contributed by atoms with Gasteiger partial charge in [-0.2, -0.15) is 0 Å². The lowest BCUT2D eigenvalue weighted by atomic mass is 10.1. The smallest absolute Gasteiger partial charge is 0.306 e. The predicted molar refractivity (Wildman–Crippen MR) is 270 cm³/mol. The molecule has 0 rings (SSSR count). The Morgan fingerprint density at radius 1 is 0.302 bits per heavy atom. The van der Waals surface area contributed by atoms with Gasteiger partial charge in [0.15, 0.2) is 6.10 Å². The number of ether oxygens (including phenoxy) is 3.